The first-order valence-electron chi connectivity index (χ1n) is 12.9. The molecular formula is C31H35N2Si+. The van der Waals surface area contributed by atoms with E-state index in [1.54, 1.807) is 5.19 Å². The first-order valence-corrected chi connectivity index (χ1v) is 15.5. The van der Waals surface area contributed by atoms with Crippen LogP contribution in [0.3, 0.4) is 0 Å². The molecule has 172 valence electrons. The van der Waals surface area contributed by atoms with E-state index >= 15 is 0 Å². The summed E-state index contributed by atoms with van der Waals surface area (Å²) < 4.78 is 4.96. The molecule has 0 spiro atoms. The van der Waals surface area contributed by atoms with Gasteiger partial charge in [0, 0.05) is 16.8 Å². The third kappa shape index (κ3) is 2.49. The Bertz CT molecular complexity index is 1740. The van der Waals surface area contributed by atoms with Crippen molar-refractivity contribution in [2.75, 3.05) is 0 Å². The van der Waals surface area contributed by atoms with E-state index in [2.05, 4.69) is 106 Å². The number of fused-ring (bicyclic) bond motifs is 5. The van der Waals surface area contributed by atoms with Gasteiger partial charge in [-0.3, -0.25) is 0 Å². The topological polar surface area (TPSA) is 8.29 Å². The third-order valence-corrected chi connectivity index (χ3v) is 14.9. The SMILES string of the molecule is CC[Si](CC)(CC)c1cc2cc[n+](C)c3c4c(C)c(C)c(C)c5c6ccccc6n(c(c1)c23)c54. The predicted molar refractivity (Wildman–Crippen MR) is 151 cm³/mol. The van der Waals surface area contributed by atoms with Crippen molar-refractivity contribution in [1.29, 1.82) is 0 Å². The highest BCUT2D eigenvalue weighted by molar-refractivity contribution is 6.92. The second-order valence-electron chi connectivity index (χ2n) is 10.4. The molecule has 0 radical (unpaired) electrons. The van der Waals surface area contributed by atoms with Crippen LogP contribution in [0.15, 0.2) is 48.7 Å². The first-order chi connectivity index (χ1) is 16.4. The Labute approximate surface area is 203 Å². The molecule has 0 saturated heterocycles. The monoisotopic (exact) mass is 463 g/mol. The van der Waals surface area contributed by atoms with Crippen molar-refractivity contribution in [2.45, 2.75) is 59.7 Å². The second kappa shape index (κ2) is 7.29. The van der Waals surface area contributed by atoms with E-state index in [1.165, 1.54) is 83.8 Å². The van der Waals surface area contributed by atoms with Gasteiger partial charge in [-0.1, -0.05) is 68.4 Å². The number of rotatable bonds is 4. The molecule has 2 nitrogen and oxygen atoms in total. The van der Waals surface area contributed by atoms with Crippen LogP contribution in [0, 0.1) is 20.8 Å². The van der Waals surface area contributed by atoms with Gasteiger partial charge in [-0.25, -0.2) is 4.57 Å². The number of hydrogen-bond donors (Lipinski definition) is 0. The highest BCUT2D eigenvalue weighted by atomic mass is 28.3. The molecule has 0 fully saturated rings. The molecule has 0 atom stereocenters. The number of pyridine rings is 2. The lowest BCUT2D eigenvalue weighted by Crippen LogP contribution is -2.45. The van der Waals surface area contributed by atoms with E-state index in [4.69, 9.17) is 0 Å². The zero-order valence-electron chi connectivity index (χ0n) is 21.6. The molecule has 0 saturated carbocycles. The minimum absolute atomic E-state index is 1.30. The molecule has 0 aliphatic rings. The van der Waals surface area contributed by atoms with E-state index in [0.717, 1.165) is 0 Å². The minimum Gasteiger partial charge on any atom is -0.307 e. The van der Waals surface area contributed by atoms with Crippen molar-refractivity contribution in [3.05, 3.63) is 65.4 Å². The molecule has 6 rings (SSSR count). The largest absolute Gasteiger partial charge is 0.307 e. The summed E-state index contributed by atoms with van der Waals surface area (Å²) in [6.07, 6.45) is 2.27. The van der Waals surface area contributed by atoms with E-state index < -0.39 is 8.07 Å². The predicted octanol–water partition coefficient (Wildman–Crippen LogP) is 7.46. The van der Waals surface area contributed by atoms with Crippen LogP contribution < -0.4 is 9.75 Å². The molecule has 0 bridgehead atoms. The molecule has 3 aromatic carbocycles. The van der Waals surface area contributed by atoms with Crippen molar-refractivity contribution in [3.8, 4) is 0 Å². The lowest BCUT2D eigenvalue weighted by molar-refractivity contribution is -0.643. The molecule has 3 aromatic heterocycles. The summed E-state index contributed by atoms with van der Waals surface area (Å²) in [6.45, 7) is 14.2. The van der Waals surface area contributed by atoms with Gasteiger partial charge in [-0.15, -0.1) is 0 Å². The lowest BCUT2D eigenvalue weighted by Gasteiger charge is -2.29. The number of benzene rings is 3. The van der Waals surface area contributed by atoms with Crippen LogP contribution in [0.5, 0.6) is 0 Å². The zero-order valence-corrected chi connectivity index (χ0v) is 22.6. The summed E-state index contributed by atoms with van der Waals surface area (Å²) in [5, 5.41) is 8.62. The van der Waals surface area contributed by atoms with Crippen LogP contribution in [-0.4, -0.2) is 12.5 Å². The average Bonchev–Trinajstić information content (AvgIpc) is 3.21. The van der Waals surface area contributed by atoms with Crippen molar-refractivity contribution >= 4 is 62.3 Å². The standard InChI is InChI=1S/C31H35N2Si/c1-8-34(9-2,10-3)23-17-22-15-16-32(7)30-28-21(6)19(4)20(5)27-24-13-11-12-14-25(24)33(31(27)28)26(18-23)29(22)30/h11-18H,8-10H2,1-7H3/q+1. The van der Waals surface area contributed by atoms with Gasteiger partial charge < -0.3 is 4.40 Å². The molecule has 0 unspecified atom stereocenters. The van der Waals surface area contributed by atoms with E-state index in [1.807, 2.05) is 0 Å². The summed E-state index contributed by atoms with van der Waals surface area (Å²) in [6, 6.07) is 20.4. The van der Waals surface area contributed by atoms with Gasteiger partial charge in [0.1, 0.15) is 7.05 Å². The van der Waals surface area contributed by atoms with Gasteiger partial charge in [0.2, 0.25) is 5.52 Å². The van der Waals surface area contributed by atoms with Crippen molar-refractivity contribution < 1.29 is 4.57 Å². The van der Waals surface area contributed by atoms with Crippen LogP contribution in [0.1, 0.15) is 37.5 Å². The summed E-state index contributed by atoms with van der Waals surface area (Å²) in [4.78, 5) is 0. The Hall–Kier alpha value is -2.91. The van der Waals surface area contributed by atoms with E-state index in [-0.39, 0.29) is 0 Å². The molecular weight excluding hydrogens is 428 g/mol. The molecule has 3 heteroatoms. The fraction of sp³-hybridized carbons (Fsp3) is 0.323. The molecule has 0 amide bonds. The summed E-state index contributed by atoms with van der Waals surface area (Å²) in [5.41, 5.74) is 9.72. The fourth-order valence-electron chi connectivity index (χ4n) is 6.86. The van der Waals surface area contributed by atoms with Crippen molar-refractivity contribution in [1.82, 2.24) is 4.40 Å². The third-order valence-electron chi connectivity index (χ3n) is 9.32. The van der Waals surface area contributed by atoms with Gasteiger partial charge in [0.15, 0.2) is 6.20 Å². The molecule has 3 heterocycles. The van der Waals surface area contributed by atoms with Crippen LogP contribution in [0.2, 0.25) is 18.1 Å². The van der Waals surface area contributed by atoms with Gasteiger partial charge in [0.05, 0.1) is 35.4 Å². The Kier molecular flexibility index (Phi) is 4.63. The van der Waals surface area contributed by atoms with Crippen molar-refractivity contribution in [2.24, 2.45) is 7.05 Å². The number of aryl methyl sites for hydroxylation is 3. The Morgan fingerprint density at radius 1 is 0.765 bits per heavy atom. The number of aromatic nitrogens is 2. The second-order valence-corrected chi connectivity index (χ2v) is 15.7. The van der Waals surface area contributed by atoms with Crippen LogP contribution in [-0.2, 0) is 7.05 Å². The molecule has 0 N–H and O–H groups in total. The van der Waals surface area contributed by atoms with Gasteiger partial charge in [0.25, 0.3) is 0 Å². The van der Waals surface area contributed by atoms with Crippen molar-refractivity contribution in [3.63, 3.8) is 0 Å². The Morgan fingerprint density at radius 2 is 1.44 bits per heavy atom. The average molecular weight is 464 g/mol. The fourth-order valence-corrected chi connectivity index (χ4v) is 10.5. The molecule has 0 aliphatic heterocycles. The summed E-state index contributed by atoms with van der Waals surface area (Å²) >= 11 is 0. The highest BCUT2D eigenvalue weighted by Gasteiger charge is 2.32. The molecule has 6 aromatic rings. The maximum Gasteiger partial charge on any atom is 0.224 e. The smallest absolute Gasteiger partial charge is 0.224 e. The van der Waals surface area contributed by atoms with E-state index in [9.17, 15) is 0 Å². The maximum absolute atomic E-state index is 2.61. The quantitative estimate of drug-likeness (QED) is 0.111. The number of nitrogens with zero attached hydrogens (tertiary/aromatic N) is 2. The highest BCUT2D eigenvalue weighted by Crippen LogP contribution is 2.43. The summed E-state index contributed by atoms with van der Waals surface area (Å²) in [7, 11) is 0.679. The zero-order chi connectivity index (χ0) is 23.9. The Morgan fingerprint density at radius 3 is 2.15 bits per heavy atom. The summed E-state index contributed by atoms with van der Waals surface area (Å²) in [5.74, 6) is 0. The minimum atomic E-state index is -1.54. The first kappa shape index (κ1) is 21.6. The van der Waals surface area contributed by atoms with Gasteiger partial charge in [-0.2, -0.15) is 0 Å². The van der Waals surface area contributed by atoms with Crippen LogP contribution in [0.25, 0.3) is 49.0 Å². The number of para-hydroxylation sites is 1. The van der Waals surface area contributed by atoms with Gasteiger partial charge >= 0.3 is 0 Å². The maximum atomic E-state index is 2.61. The Balaban J connectivity index is 2.02. The van der Waals surface area contributed by atoms with Crippen LogP contribution in [0.4, 0.5) is 0 Å². The molecule has 34 heavy (non-hydrogen) atoms. The number of hydrogen-bond acceptors (Lipinski definition) is 0. The van der Waals surface area contributed by atoms with Gasteiger partial charge in [-0.05, 0) is 55.0 Å². The normalized spacial score (nSPS) is 12.9. The van der Waals surface area contributed by atoms with E-state index in [0.29, 0.717) is 0 Å². The molecule has 0 aliphatic carbocycles. The lowest BCUT2D eigenvalue weighted by atomic mass is 9.93. The van der Waals surface area contributed by atoms with Crippen LogP contribution >= 0.6 is 0 Å².